The number of aromatic nitrogens is 1. The van der Waals surface area contributed by atoms with Crippen molar-refractivity contribution in [3.05, 3.63) is 69.7 Å². The highest BCUT2D eigenvalue weighted by molar-refractivity contribution is 5.79. The van der Waals surface area contributed by atoms with Gasteiger partial charge in [0, 0.05) is 6.54 Å². The second kappa shape index (κ2) is 6.80. The monoisotopic (exact) mass is 352 g/mol. The lowest BCUT2D eigenvalue weighted by Crippen LogP contribution is -2.35. The van der Waals surface area contributed by atoms with Crippen molar-refractivity contribution in [1.29, 1.82) is 0 Å². The Balaban J connectivity index is 1.47. The van der Waals surface area contributed by atoms with Gasteiger partial charge in [-0.3, -0.25) is 9.36 Å². The molecule has 1 N–H and O–H groups in total. The molecule has 0 bridgehead atoms. The van der Waals surface area contributed by atoms with Gasteiger partial charge in [-0.15, -0.1) is 0 Å². The Morgan fingerprint density at radius 1 is 1.27 bits per heavy atom. The highest BCUT2D eigenvalue weighted by atomic mass is 16.5. The third-order valence-electron chi connectivity index (χ3n) is 4.70. The summed E-state index contributed by atoms with van der Waals surface area (Å²) < 4.78 is 12.4. The Morgan fingerprint density at radius 2 is 2.12 bits per heavy atom. The molecule has 0 saturated carbocycles. The zero-order valence-electron chi connectivity index (χ0n) is 14.5. The molecule has 1 atom stereocenters. The van der Waals surface area contributed by atoms with Gasteiger partial charge in [0.1, 0.15) is 12.6 Å². The number of amides is 1. The van der Waals surface area contributed by atoms with Crippen molar-refractivity contribution >= 4 is 17.0 Å². The number of rotatable bonds is 4. The van der Waals surface area contributed by atoms with Gasteiger partial charge < -0.3 is 14.5 Å². The molecule has 1 aromatic heterocycles. The first-order valence-electron chi connectivity index (χ1n) is 8.68. The summed E-state index contributed by atoms with van der Waals surface area (Å²) in [5, 5.41) is 2.87. The largest absolute Gasteiger partial charge is 0.420 e. The highest BCUT2D eigenvalue weighted by Gasteiger charge is 2.21. The van der Waals surface area contributed by atoms with Gasteiger partial charge in [-0.2, -0.15) is 0 Å². The molecule has 134 valence electrons. The molecule has 0 aliphatic carbocycles. The standard InChI is InChI=1S/C20H20N2O4/c1-13-6-7-17-16(10-13)22(20(24)26-17)12-19(23)21-11-18-15-5-3-2-4-14(15)8-9-25-18/h2-7,10,18H,8-9,11-12H2,1H3,(H,21,23)/t18-/m1/s1. The number of carbonyl (C=O) groups excluding carboxylic acids is 1. The number of nitrogens with one attached hydrogen (secondary N) is 1. The number of aryl methyl sites for hydroxylation is 1. The van der Waals surface area contributed by atoms with Crippen LogP contribution in [-0.4, -0.2) is 23.6 Å². The van der Waals surface area contributed by atoms with Crippen molar-refractivity contribution in [3.8, 4) is 0 Å². The second-order valence-corrected chi connectivity index (χ2v) is 6.54. The van der Waals surface area contributed by atoms with Crippen LogP contribution in [0, 0.1) is 6.92 Å². The number of hydrogen-bond donors (Lipinski definition) is 1. The third kappa shape index (κ3) is 3.15. The minimum Gasteiger partial charge on any atom is -0.408 e. The Morgan fingerprint density at radius 3 is 3.00 bits per heavy atom. The van der Waals surface area contributed by atoms with E-state index in [-0.39, 0.29) is 18.6 Å². The van der Waals surface area contributed by atoms with Gasteiger partial charge in [0.05, 0.1) is 12.1 Å². The van der Waals surface area contributed by atoms with E-state index in [1.165, 1.54) is 10.1 Å². The summed E-state index contributed by atoms with van der Waals surface area (Å²) in [6, 6.07) is 13.6. The summed E-state index contributed by atoms with van der Waals surface area (Å²) in [6.07, 6.45) is 0.722. The van der Waals surface area contributed by atoms with Crippen LogP contribution in [0.2, 0.25) is 0 Å². The van der Waals surface area contributed by atoms with Gasteiger partial charge in [0.15, 0.2) is 5.58 Å². The van der Waals surface area contributed by atoms with Gasteiger partial charge in [0.2, 0.25) is 5.91 Å². The van der Waals surface area contributed by atoms with Crippen LogP contribution in [0.15, 0.2) is 51.7 Å². The fourth-order valence-corrected chi connectivity index (χ4v) is 3.37. The molecule has 0 spiro atoms. The van der Waals surface area contributed by atoms with E-state index in [9.17, 15) is 9.59 Å². The van der Waals surface area contributed by atoms with Crippen molar-refractivity contribution in [2.75, 3.05) is 13.2 Å². The summed E-state index contributed by atoms with van der Waals surface area (Å²) in [7, 11) is 0. The first-order valence-corrected chi connectivity index (χ1v) is 8.68. The lowest BCUT2D eigenvalue weighted by atomic mass is 9.97. The maximum Gasteiger partial charge on any atom is 0.420 e. The first kappa shape index (κ1) is 16.6. The third-order valence-corrected chi connectivity index (χ3v) is 4.70. The predicted molar refractivity (Wildman–Crippen MR) is 97.1 cm³/mol. The number of ether oxygens (including phenoxy) is 1. The van der Waals surface area contributed by atoms with Crippen LogP contribution in [0.25, 0.3) is 11.1 Å². The smallest absolute Gasteiger partial charge is 0.408 e. The van der Waals surface area contributed by atoms with E-state index >= 15 is 0 Å². The van der Waals surface area contributed by atoms with E-state index in [1.807, 2.05) is 37.3 Å². The van der Waals surface area contributed by atoms with E-state index in [1.54, 1.807) is 6.07 Å². The molecule has 3 aromatic rings. The number of hydrogen-bond acceptors (Lipinski definition) is 4. The fraction of sp³-hybridized carbons (Fsp3) is 0.300. The lowest BCUT2D eigenvalue weighted by Gasteiger charge is -2.26. The van der Waals surface area contributed by atoms with Crippen molar-refractivity contribution in [2.24, 2.45) is 0 Å². The molecule has 1 aliphatic rings. The maximum atomic E-state index is 12.4. The number of oxazole rings is 1. The topological polar surface area (TPSA) is 73.5 Å². The summed E-state index contributed by atoms with van der Waals surface area (Å²) in [6.45, 7) is 2.87. The minimum atomic E-state index is -0.528. The molecule has 26 heavy (non-hydrogen) atoms. The molecule has 4 rings (SSSR count). The van der Waals surface area contributed by atoms with Crippen LogP contribution in [-0.2, 0) is 22.5 Å². The lowest BCUT2D eigenvalue weighted by molar-refractivity contribution is -0.122. The summed E-state index contributed by atoms with van der Waals surface area (Å²) in [5.41, 5.74) is 4.48. The number of fused-ring (bicyclic) bond motifs is 2. The molecule has 0 saturated heterocycles. The van der Waals surface area contributed by atoms with Crippen LogP contribution in [0.3, 0.4) is 0 Å². The number of nitrogens with zero attached hydrogens (tertiary/aromatic N) is 1. The van der Waals surface area contributed by atoms with E-state index in [0.29, 0.717) is 24.3 Å². The van der Waals surface area contributed by atoms with E-state index in [0.717, 1.165) is 17.5 Å². The zero-order valence-corrected chi connectivity index (χ0v) is 14.5. The van der Waals surface area contributed by atoms with Gasteiger partial charge in [-0.1, -0.05) is 30.3 Å². The molecule has 2 aromatic carbocycles. The SMILES string of the molecule is Cc1ccc2oc(=O)n(CC(=O)NC[C@H]3OCCc4ccccc43)c2c1. The van der Waals surface area contributed by atoms with E-state index < -0.39 is 5.76 Å². The van der Waals surface area contributed by atoms with Gasteiger partial charge >= 0.3 is 5.76 Å². The van der Waals surface area contributed by atoms with Gasteiger partial charge in [-0.25, -0.2) is 4.79 Å². The second-order valence-electron chi connectivity index (χ2n) is 6.54. The Bertz CT molecular complexity index is 1020. The number of carbonyl (C=O) groups is 1. The molecule has 1 aliphatic heterocycles. The number of benzene rings is 2. The molecule has 0 radical (unpaired) electrons. The van der Waals surface area contributed by atoms with E-state index in [2.05, 4.69) is 11.4 Å². The van der Waals surface area contributed by atoms with E-state index in [4.69, 9.17) is 9.15 Å². The molecule has 6 nitrogen and oxygen atoms in total. The van der Waals surface area contributed by atoms with Crippen LogP contribution >= 0.6 is 0 Å². The normalized spacial score (nSPS) is 16.4. The molecule has 6 heteroatoms. The van der Waals surface area contributed by atoms with Crippen LogP contribution in [0.1, 0.15) is 22.8 Å². The zero-order chi connectivity index (χ0) is 18.1. The molecular formula is C20H20N2O4. The van der Waals surface area contributed by atoms with Crippen LogP contribution < -0.4 is 11.1 Å². The Kier molecular flexibility index (Phi) is 4.34. The van der Waals surface area contributed by atoms with Crippen molar-refractivity contribution in [1.82, 2.24) is 9.88 Å². The predicted octanol–water partition coefficient (Wildman–Crippen LogP) is 2.33. The highest BCUT2D eigenvalue weighted by Crippen LogP contribution is 2.26. The molecule has 1 amide bonds. The van der Waals surface area contributed by atoms with Crippen molar-refractivity contribution in [2.45, 2.75) is 26.0 Å². The molecule has 2 heterocycles. The molecule has 0 unspecified atom stereocenters. The summed E-state index contributed by atoms with van der Waals surface area (Å²) in [4.78, 5) is 24.4. The van der Waals surface area contributed by atoms with Crippen molar-refractivity contribution in [3.63, 3.8) is 0 Å². The fourth-order valence-electron chi connectivity index (χ4n) is 3.37. The summed E-state index contributed by atoms with van der Waals surface area (Å²) in [5.74, 6) is -0.775. The Labute approximate surface area is 150 Å². The molecular weight excluding hydrogens is 332 g/mol. The van der Waals surface area contributed by atoms with Gasteiger partial charge in [-0.05, 0) is 42.2 Å². The quantitative estimate of drug-likeness (QED) is 0.782. The Hall–Kier alpha value is -2.86. The molecule has 0 fully saturated rings. The van der Waals surface area contributed by atoms with Crippen LogP contribution in [0.4, 0.5) is 0 Å². The van der Waals surface area contributed by atoms with Crippen LogP contribution in [0.5, 0.6) is 0 Å². The average Bonchev–Trinajstić information content (AvgIpc) is 2.95. The maximum absolute atomic E-state index is 12.4. The van der Waals surface area contributed by atoms with Crippen molar-refractivity contribution < 1.29 is 13.9 Å². The first-order chi connectivity index (χ1) is 12.6. The minimum absolute atomic E-state index is 0.0797. The average molecular weight is 352 g/mol. The summed E-state index contributed by atoms with van der Waals surface area (Å²) >= 11 is 0. The van der Waals surface area contributed by atoms with Gasteiger partial charge in [0.25, 0.3) is 0 Å².